The number of rotatable bonds is 3. The highest BCUT2D eigenvalue weighted by molar-refractivity contribution is 6.09. The van der Waals surface area contributed by atoms with E-state index >= 15 is 0 Å². The maximum atomic E-state index is 2.49. The van der Waals surface area contributed by atoms with E-state index in [1.807, 2.05) is 0 Å². The number of hydrogen-bond acceptors (Lipinski definition) is 1. The van der Waals surface area contributed by atoms with Gasteiger partial charge in [0.05, 0.1) is 5.69 Å². The first-order valence-corrected chi connectivity index (χ1v) is 13.9. The highest BCUT2D eigenvalue weighted by atomic mass is 15.1. The molecule has 8 rings (SSSR count). The lowest BCUT2D eigenvalue weighted by atomic mass is 9.94. The van der Waals surface area contributed by atoms with Crippen LogP contribution in [0.1, 0.15) is 33.4 Å². The van der Waals surface area contributed by atoms with Crippen LogP contribution in [0.15, 0.2) is 115 Å². The van der Waals surface area contributed by atoms with E-state index in [0.29, 0.717) is 0 Å². The van der Waals surface area contributed by atoms with E-state index < -0.39 is 0 Å². The summed E-state index contributed by atoms with van der Waals surface area (Å²) in [5, 5.41) is 2.62. The summed E-state index contributed by atoms with van der Waals surface area (Å²) in [6.45, 7) is 4.30. The van der Waals surface area contributed by atoms with Crippen LogP contribution in [0.2, 0.25) is 0 Å². The fourth-order valence-electron chi connectivity index (χ4n) is 6.68. The van der Waals surface area contributed by atoms with Gasteiger partial charge in [-0.25, -0.2) is 0 Å². The molecule has 0 heterocycles. The Balaban J connectivity index is 1.35. The fraction of sp³-hybridized carbons (Fsp3) is 0.105. The van der Waals surface area contributed by atoms with Crippen LogP contribution in [0.4, 0.5) is 17.1 Å². The zero-order valence-corrected chi connectivity index (χ0v) is 22.3. The zero-order valence-electron chi connectivity index (χ0n) is 22.3. The van der Waals surface area contributed by atoms with Gasteiger partial charge in [0, 0.05) is 16.8 Å². The standard InChI is InChI=1S/C38H29N/c1-24-11-15-30(16-12-24)39(31-17-13-25(2)14-18-31)37-23-29-20-28-21-35-27(19-26-7-3-4-8-32(26)35)22-36(28)38(29)34-10-6-5-9-33(34)37/h3-18,21-23H,19-20H2,1-2H3. The zero-order chi connectivity index (χ0) is 26.1. The number of nitrogens with zero attached hydrogens (tertiary/aromatic N) is 1. The van der Waals surface area contributed by atoms with Gasteiger partial charge in [-0.1, -0.05) is 83.9 Å². The molecule has 186 valence electrons. The average molecular weight is 500 g/mol. The van der Waals surface area contributed by atoms with E-state index in [2.05, 4.69) is 134 Å². The molecule has 0 atom stereocenters. The van der Waals surface area contributed by atoms with Crippen molar-refractivity contribution in [3.63, 3.8) is 0 Å². The first-order valence-electron chi connectivity index (χ1n) is 13.9. The normalized spacial score (nSPS) is 12.7. The Morgan fingerprint density at radius 2 is 1.03 bits per heavy atom. The van der Waals surface area contributed by atoms with Crippen molar-refractivity contribution in [2.45, 2.75) is 26.7 Å². The van der Waals surface area contributed by atoms with Crippen molar-refractivity contribution in [1.82, 2.24) is 0 Å². The van der Waals surface area contributed by atoms with E-state index in [4.69, 9.17) is 0 Å². The summed E-state index contributed by atoms with van der Waals surface area (Å²) in [6.07, 6.45) is 1.99. The van der Waals surface area contributed by atoms with Crippen LogP contribution >= 0.6 is 0 Å². The number of aryl methyl sites for hydroxylation is 2. The molecule has 2 aliphatic rings. The van der Waals surface area contributed by atoms with Crippen LogP contribution in [-0.2, 0) is 12.8 Å². The summed E-state index contributed by atoms with van der Waals surface area (Å²) in [7, 11) is 0. The van der Waals surface area contributed by atoms with Gasteiger partial charge in [0.2, 0.25) is 0 Å². The molecule has 1 nitrogen and oxygen atoms in total. The molecule has 0 saturated heterocycles. The van der Waals surface area contributed by atoms with Crippen molar-refractivity contribution in [1.29, 1.82) is 0 Å². The van der Waals surface area contributed by atoms with Gasteiger partial charge >= 0.3 is 0 Å². The highest BCUT2D eigenvalue weighted by Gasteiger charge is 2.28. The van der Waals surface area contributed by atoms with Crippen molar-refractivity contribution in [3.05, 3.63) is 149 Å². The lowest BCUT2D eigenvalue weighted by molar-refractivity contribution is 1.23. The van der Waals surface area contributed by atoms with Crippen molar-refractivity contribution >= 4 is 27.8 Å². The van der Waals surface area contributed by atoms with E-state index in [1.165, 1.54) is 83.5 Å². The molecule has 0 aliphatic heterocycles. The first-order chi connectivity index (χ1) is 19.1. The second-order valence-electron chi connectivity index (χ2n) is 11.2. The van der Waals surface area contributed by atoms with E-state index in [1.54, 1.807) is 0 Å². The highest BCUT2D eigenvalue weighted by Crippen LogP contribution is 2.50. The molecule has 1 heteroatoms. The molecule has 0 aromatic heterocycles. The fourth-order valence-corrected chi connectivity index (χ4v) is 6.68. The van der Waals surface area contributed by atoms with Gasteiger partial charge in [-0.15, -0.1) is 0 Å². The van der Waals surface area contributed by atoms with Gasteiger partial charge < -0.3 is 4.90 Å². The van der Waals surface area contributed by atoms with Crippen LogP contribution in [0.25, 0.3) is 33.0 Å². The number of anilines is 3. The van der Waals surface area contributed by atoms with Gasteiger partial charge in [-0.2, -0.15) is 0 Å². The molecule has 0 N–H and O–H groups in total. The van der Waals surface area contributed by atoms with E-state index in [0.717, 1.165) is 12.8 Å². The Bertz CT molecular complexity index is 1860. The second kappa shape index (κ2) is 8.44. The topological polar surface area (TPSA) is 3.24 Å². The summed E-state index contributed by atoms with van der Waals surface area (Å²) >= 11 is 0. The summed E-state index contributed by atoms with van der Waals surface area (Å²) in [5.41, 5.74) is 17.6. The van der Waals surface area contributed by atoms with Gasteiger partial charge in [0.15, 0.2) is 0 Å². The summed E-state index contributed by atoms with van der Waals surface area (Å²) in [4.78, 5) is 2.43. The SMILES string of the molecule is Cc1ccc(N(c2ccc(C)cc2)c2cc3c(c4ccccc24)-c2cc4c(cc2C3)-c2ccccc2C4)cc1. The molecule has 6 aromatic carbocycles. The van der Waals surface area contributed by atoms with Crippen LogP contribution in [0, 0.1) is 13.8 Å². The monoisotopic (exact) mass is 499 g/mol. The molecule has 39 heavy (non-hydrogen) atoms. The predicted octanol–water partition coefficient (Wildman–Crippen LogP) is 10.1. The van der Waals surface area contributed by atoms with Crippen molar-refractivity contribution < 1.29 is 0 Å². The van der Waals surface area contributed by atoms with Crippen LogP contribution < -0.4 is 4.90 Å². The number of fused-ring (bicyclic) bond motifs is 8. The van der Waals surface area contributed by atoms with Crippen molar-refractivity contribution in [3.8, 4) is 22.3 Å². The molecule has 0 saturated carbocycles. The largest absolute Gasteiger partial charge is 0.310 e. The predicted molar refractivity (Wildman–Crippen MR) is 165 cm³/mol. The molecule has 0 fully saturated rings. The number of hydrogen-bond donors (Lipinski definition) is 0. The third kappa shape index (κ3) is 3.47. The van der Waals surface area contributed by atoms with Gasteiger partial charge in [-0.3, -0.25) is 0 Å². The second-order valence-corrected chi connectivity index (χ2v) is 11.2. The summed E-state index contributed by atoms with van der Waals surface area (Å²) in [5.74, 6) is 0. The Hall–Kier alpha value is -4.62. The van der Waals surface area contributed by atoms with Crippen molar-refractivity contribution in [2.24, 2.45) is 0 Å². The lowest BCUT2D eigenvalue weighted by Gasteiger charge is -2.28. The Morgan fingerprint density at radius 1 is 0.462 bits per heavy atom. The molecule has 0 bridgehead atoms. The van der Waals surface area contributed by atoms with E-state index in [9.17, 15) is 0 Å². The third-order valence-electron chi connectivity index (χ3n) is 8.60. The third-order valence-corrected chi connectivity index (χ3v) is 8.60. The first kappa shape index (κ1) is 22.4. The molecule has 6 aromatic rings. The lowest BCUT2D eigenvalue weighted by Crippen LogP contribution is -2.11. The minimum Gasteiger partial charge on any atom is -0.310 e. The quantitative estimate of drug-likeness (QED) is 0.234. The van der Waals surface area contributed by atoms with Gasteiger partial charge in [-0.05, 0) is 119 Å². The molecular weight excluding hydrogens is 470 g/mol. The maximum absolute atomic E-state index is 2.49. The van der Waals surface area contributed by atoms with Crippen LogP contribution in [0.5, 0.6) is 0 Å². The molecule has 0 amide bonds. The van der Waals surface area contributed by atoms with Crippen LogP contribution in [-0.4, -0.2) is 0 Å². The summed E-state index contributed by atoms with van der Waals surface area (Å²) in [6, 6.07) is 43.1. The molecule has 2 aliphatic carbocycles. The molecular formula is C38H29N. The average Bonchev–Trinajstić information content (AvgIpc) is 3.51. The minimum absolute atomic E-state index is 0.966. The minimum atomic E-state index is 0.966. The van der Waals surface area contributed by atoms with Gasteiger partial charge in [0.25, 0.3) is 0 Å². The molecule has 0 unspecified atom stereocenters. The molecule has 0 radical (unpaired) electrons. The maximum Gasteiger partial charge on any atom is 0.0543 e. The van der Waals surface area contributed by atoms with Crippen LogP contribution in [0.3, 0.4) is 0 Å². The van der Waals surface area contributed by atoms with Gasteiger partial charge in [0.1, 0.15) is 0 Å². The Kier molecular flexibility index (Phi) is 4.84. The summed E-state index contributed by atoms with van der Waals surface area (Å²) < 4.78 is 0. The van der Waals surface area contributed by atoms with Crippen molar-refractivity contribution in [2.75, 3.05) is 4.90 Å². The van der Waals surface area contributed by atoms with E-state index in [-0.39, 0.29) is 0 Å². The smallest absolute Gasteiger partial charge is 0.0543 e. The Morgan fingerprint density at radius 3 is 1.74 bits per heavy atom. The number of benzene rings is 6. The molecule has 0 spiro atoms. The Labute approximate surface area is 230 Å².